The second-order valence-corrected chi connectivity index (χ2v) is 9.75. The Labute approximate surface area is 192 Å². The fraction of sp³-hybridized carbons (Fsp3) is 0.333. The zero-order valence-corrected chi connectivity index (χ0v) is 19.4. The number of allylic oxidation sites excluding steroid dienone is 1. The quantitative estimate of drug-likeness (QED) is 0.439. The van der Waals surface area contributed by atoms with Crippen LogP contribution in [0.1, 0.15) is 61.8 Å². The lowest BCUT2D eigenvalue weighted by Crippen LogP contribution is -2.52. The average molecular weight is 421 g/mol. The third-order valence-corrected chi connectivity index (χ3v) is 8.20. The molecule has 2 heterocycles. The number of anilines is 1. The van der Waals surface area contributed by atoms with E-state index in [2.05, 4.69) is 109 Å². The maximum atomic E-state index is 2.80. The highest BCUT2D eigenvalue weighted by Crippen LogP contribution is 2.61. The number of fused-ring (bicyclic) bond motifs is 3. The summed E-state index contributed by atoms with van der Waals surface area (Å²) < 4.78 is 0. The highest BCUT2D eigenvalue weighted by molar-refractivity contribution is 5.84. The number of hydrogen-bond donors (Lipinski definition) is 0. The van der Waals surface area contributed by atoms with Crippen molar-refractivity contribution >= 4 is 11.4 Å². The molecule has 2 nitrogen and oxygen atoms in total. The van der Waals surface area contributed by atoms with E-state index < -0.39 is 0 Å². The molecule has 2 aliphatic heterocycles. The number of benzene rings is 3. The maximum absolute atomic E-state index is 2.80. The van der Waals surface area contributed by atoms with Crippen LogP contribution in [-0.2, 0) is 5.54 Å². The maximum Gasteiger partial charge on any atom is 0.104 e. The van der Waals surface area contributed by atoms with Gasteiger partial charge in [-0.05, 0) is 62.3 Å². The Kier molecular flexibility index (Phi) is 4.47. The molecule has 0 radical (unpaired) electrons. The smallest absolute Gasteiger partial charge is 0.104 e. The zero-order chi connectivity index (χ0) is 21.9. The molecule has 2 heteroatoms. The van der Waals surface area contributed by atoms with E-state index in [1.165, 1.54) is 65.0 Å². The molecule has 32 heavy (non-hydrogen) atoms. The Balaban J connectivity index is 1.65. The molecular formula is C30H32N2. The summed E-state index contributed by atoms with van der Waals surface area (Å²) in [6, 6.07) is 29.4. The van der Waals surface area contributed by atoms with Gasteiger partial charge >= 0.3 is 0 Å². The van der Waals surface area contributed by atoms with Gasteiger partial charge in [0, 0.05) is 16.9 Å². The van der Waals surface area contributed by atoms with E-state index in [1.54, 1.807) is 0 Å². The summed E-state index contributed by atoms with van der Waals surface area (Å²) in [6.45, 7) is 6.96. The fourth-order valence-corrected chi connectivity index (χ4v) is 7.02. The molecule has 0 bridgehead atoms. The van der Waals surface area contributed by atoms with Gasteiger partial charge in [-0.25, -0.2) is 0 Å². The van der Waals surface area contributed by atoms with Crippen molar-refractivity contribution in [3.05, 3.63) is 107 Å². The minimum absolute atomic E-state index is 0.109. The van der Waals surface area contributed by atoms with Crippen LogP contribution < -0.4 is 4.90 Å². The fourth-order valence-electron chi connectivity index (χ4n) is 7.02. The van der Waals surface area contributed by atoms with Crippen LogP contribution in [0.3, 0.4) is 0 Å². The minimum Gasteiger partial charge on any atom is -0.335 e. The molecule has 0 aromatic heterocycles. The lowest BCUT2D eigenvalue weighted by Gasteiger charge is -2.48. The van der Waals surface area contributed by atoms with E-state index >= 15 is 0 Å². The highest BCUT2D eigenvalue weighted by atomic mass is 15.5. The third kappa shape index (κ3) is 2.47. The van der Waals surface area contributed by atoms with E-state index in [4.69, 9.17) is 0 Å². The van der Waals surface area contributed by atoms with Crippen molar-refractivity contribution < 1.29 is 0 Å². The van der Waals surface area contributed by atoms with Crippen LogP contribution in [0.4, 0.5) is 5.69 Å². The van der Waals surface area contributed by atoms with Crippen molar-refractivity contribution in [1.82, 2.24) is 4.90 Å². The number of hydrogen-bond acceptors (Lipinski definition) is 2. The van der Waals surface area contributed by atoms with Gasteiger partial charge in [0.15, 0.2) is 0 Å². The summed E-state index contributed by atoms with van der Waals surface area (Å²) in [5.41, 5.74) is 9.71. The van der Waals surface area contributed by atoms with Gasteiger partial charge in [-0.3, -0.25) is 0 Å². The Bertz CT molecular complexity index is 1190. The van der Waals surface area contributed by atoms with Gasteiger partial charge in [-0.15, -0.1) is 0 Å². The molecule has 1 aliphatic carbocycles. The summed E-state index contributed by atoms with van der Waals surface area (Å²) in [7, 11) is 0. The van der Waals surface area contributed by atoms with Gasteiger partial charge in [0.1, 0.15) is 6.17 Å². The van der Waals surface area contributed by atoms with Gasteiger partial charge < -0.3 is 9.80 Å². The van der Waals surface area contributed by atoms with Crippen molar-refractivity contribution in [2.24, 2.45) is 5.92 Å². The zero-order valence-electron chi connectivity index (χ0n) is 19.4. The first kappa shape index (κ1) is 19.7. The van der Waals surface area contributed by atoms with Crippen LogP contribution >= 0.6 is 0 Å². The van der Waals surface area contributed by atoms with Gasteiger partial charge in [-0.1, -0.05) is 85.6 Å². The summed E-state index contributed by atoms with van der Waals surface area (Å²) in [5.74, 6) is 0.621. The van der Waals surface area contributed by atoms with Gasteiger partial charge in [-0.2, -0.15) is 0 Å². The Morgan fingerprint density at radius 1 is 0.781 bits per heavy atom. The molecule has 162 valence electrons. The molecule has 2 atom stereocenters. The highest BCUT2D eigenvalue weighted by Gasteiger charge is 2.58. The largest absolute Gasteiger partial charge is 0.335 e. The van der Waals surface area contributed by atoms with E-state index in [0.717, 1.165) is 0 Å². The van der Waals surface area contributed by atoms with E-state index in [0.29, 0.717) is 5.92 Å². The Hall–Kier alpha value is -3.00. The first-order chi connectivity index (χ1) is 15.7. The molecule has 0 amide bonds. The lowest BCUT2D eigenvalue weighted by atomic mass is 9.71. The Morgan fingerprint density at radius 2 is 1.44 bits per heavy atom. The van der Waals surface area contributed by atoms with Crippen molar-refractivity contribution in [2.75, 3.05) is 4.90 Å². The van der Waals surface area contributed by atoms with Gasteiger partial charge in [0.25, 0.3) is 0 Å². The number of nitrogens with zero attached hydrogens (tertiary/aromatic N) is 2. The van der Waals surface area contributed by atoms with Crippen LogP contribution in [0.25, 0.3) is 5.70 Å². The minimum atomic E-state index is -0.109. The molecule has 3 aliphatic rings. The van der Waals surface area contributed by atoms with Crippen LogP contribution in [0.5, 0.6) is 0 Å². The van der Waals surface area contributed by atoms with Crippen molar-refractivity contribution in [3.8, 4) is 0 Å². The van der Waals surface area contributed by atoms with Gasteiger partial charge in [0.2, 0.25) is 0 Å². The first-order valence-electron chi connectivity index (χ1n) is 12.2. The number of aryl methyl sites for hydroxylation is 1. The first-order valence-corrected chi connectivity index (χ1v) is 12.2. The standard InChI is InChI=1S/C30H32N2/c1-21-13-7-12-20-28(21)31-22(2)29-26-18-10-11-19-27(26)30(32(29)23(31)3,25-16-8-9-17-25)24-14-5-4-6-15-24/h4-7,10-15,18-20,23,25H,8-9,16-17H2,1-3H3. The molecule has 6 rings (SSSR count). The van der Waals surface area contributed by atoms with Crippen molar-refractivity contribution in [1.29, 1.82) is 0 Å². The van der Waals surface area contributed by atoms with Crippen molar-refractivity contribution in [3.63, 3.8) is 0 Å². The number of para-hydroxylation sites is 1. The molecule has 0 saturated heterocycles. The van der Waals surface area contributed by atoms with Crippen LogP contribution in [0.15, 0.2) is 84.6 Å². The van der Waals surface area contributed by atoms with Crippen molar-refractivity contribution in [2.45, 2.75) is 58.2 Å². The van der Waals surface area contributed by atoms with Crippen LogP contribution in [0, 0.1) is 12.8 Å². The molecule has 2 unspecified atom stereocenters. The molecule has 3 aromatic rings. The molecular weight excluding hydrogens is 388 g/mol. The predicted molar refractivity (Wildman–Crippen MR) is 133 cm³/mol. The topological polar surface area (TPSA) is 6.48 Å². The van der Waals surface area contributed by atoms with E-state index in [1.807, 2.05) is 0 Å². The van der Waals surface area contributed by atoms with Crippen LogP contribution in [-0.4, -0.2) is 11.1 Å². The Morgan fingerprint density at radius 3 is 2.19 bits per heavy atom. The summed E-state index contributed by atoms with van der Waals surface area (Å²) in [4.78, 5) is 5.37. The van der Waals surface area contributed by atoms with E-state index in [9.17, 15) is 0 Å². The molecule has 3 aromatic carbocycles. The monoisotopic (exact) mass is 420 g/mol. The molecule has 1 saturated carbocycles. The predicted octanol–water partition coefficient (Wildman–Crippen LogP) is 7.30. The van der Waals surface area contributed by atoms with Crippen LogP contribution in [0.2, 0.25) is 0 Å². The normalized spacial score (nSPS) is 24.9. The second kappa shape index (κ2) is 7.27. The summed E-state index contributed by atoms with van der Waals surface area (Å²) in [6.07, 6.45) is 5.51. The SMILES string of the molecule is CC1=C2c3ccccc3C(c3ccccc3)(C3CCCC3)N2C(C)N1c1ccccc1C. The average Bonchev–Trinajstić information content (AvgIpc) is 3.51. The second-order valence-electron chi connectivity index (χ2n) is 9.75. The lowest BCUT2D eigenvalue weighted by molar-refractivity contribution is 0.114. The summed E-state index contributed by atoms with van der Waals surface area (Å²) >= 11 is 0. The molecule has 0 spiro atoms. The third-order valence-electron chi connectivity index (χ3n) is 8.20. The number of rotatable bonds is 3. The van der Waals surface area contributed by atoms with Gasteiger partial charge in [0.05, 0.1) is 11.2 Å². The van der Waals surface area contributed by atoms with E-state index in [-0.39, 0.29) is 11.7 Å². The molecule has 1 fully saturated rings. The molecule has 0 N–H and O–H groups in total. The summed E-state index contributed by atoms with van der Waals surface area (Å²) in [5, 5.41) is 0.